The monoisotopic (exact) mass is 276 g/mol. The highest BCUT2D eigenvalue weighted by molar-refractivity contribution is 5.18. The van der Waals surface area contributed by atoms with E-state index < -0.39 is 6.10 Å². The van der Waals surface area contributed by atoms with E-state index >= 15 is 0 Å². The first-order valence-corrected chi connectivity index (χ1v) is 7.18. The van der Waals surface area contributed by atoms with Crippen LogP contribution in [-0.4, -0.2) is 28.6 Å². The Morgan fingerprint density at radius 3 is 2.80 bits per heavy atom. The Hall–Kier alpha value is -1.44. The molecule has 1 saturated heterocycles. The molecule has 3 nitrogen and oxygen atoms in total. The zero-order valence-corrected chi connectivity index (χ0v) is 11.8. The van der Waals surface area contributed by atoms with Gasteiger partial charge in [-0.05, 0) is 50.4 Å². The molecule has 0 aliphatic carbocycles. The fourth-order valence-electron chi connectivity index (χ4n) is 3.02. The van der Waals surface area contributed by atoms with E-state index in [-0.39, 0.29) is 11.9 Å². The van der Waals surface area contributed by atoms with Crippen LogP contribution in [-0.2, 0) is 0 Å². The van der Waals surface area contributed by atoms with E-state index in [1.54, 1.807) is 12.1 Å². The Labute approximate surface area is 119 Å². The number of likely N-dealkylation sites (tertiary alicyclic amines) is 1. The zero-order valence-electron chi connectivity index (χ0n) is 11.8. The lowest BCUT2D eigenvalue weighted by Crippen LogP contribution is -2.37. The van der Waals surface area contributed by atoms with Gasteiger partial charge in [0.15, 0.2) is 0 Å². The molecule has 1 aromatic carbocycles. The molecular formula is C16H21FN2O. The summed E-state index contributed by atoms with van der Waals surface area (Å²) in [6.45, 7) is 3.05. The van der Waals surface area contributed by atoms with Gasteiger partial charge < -0.3 is 5.11 Å². The molecule has 1 aliphatic rings. The van der Waals surface area contributed by atoms with Crippen LogP contribution < -0.4 is 0 Å². The molecular weight excluding hydrogens is 255 g/mol. The molecule has 3 atom stereocenters. The standard InChI is InChI=1S/C16H21FN2O/c1-12(8-9-18)19-10-2-3-15(19)11-16(20)13-4-6-14(17)7-5-13/h4-7,12,15-16,20H,2-3,8,10-11H2,1H3. The predicted octanol–water partition coefficient (Wildman–Crippen LogP) is 3.02. The molecule has 0 radical (unpaired) electrons. The van der Waals surface area contributed by atoms with Crippen molar-refractivity contribution in [3.05, 3.63) is 35.6 Å². The van der Waals surface area contributed by atoms with Gasteiger partial charge in [0.25, 0.3) is 0 Å². The van der Waals surface area contributed by atoms with E-state index in [1.165, 1.54) is 12.1 Å². The molecule has 0 spiro atoms. The van der Waals surface area contributed by atoms with Crippen molar-refractivity contribution in [3.8, 4) is 6.07 Å². The van der Waals surface area contributed by atoms with Crippen molar-refractivity contribution < 1.29 is 9.50 Å². The summed E-state index contributed by atoms with van der Waals surface area (Å²) in [5.41, 5.74) is 0.756. The minimum atomic E-state index is -0.574. The van der Waals surface area contributed by atoms with Crippen LogP contribution in [0.25, 0.3) is 0 Å². The number of aliphatic hydroxyl groups is 1. The third-order valence-electron chi connectivity index (χ3n) is 4.13. The Morgan fingerprint density at radius 2 is 2.15 bits per heavy atom. The van der Waals surface area contributed by atoms with Crippen molar-refractivity contribution >= 4 is 0 Å². The number of rotatable bonds is 5. The van der Waals surface area contributed by atoms with E-state index in [4.69, 9.17) is 5.26 Å². The second-order valence-corrected chi connectivity index (χ2v) is 5.55. The van der Waals surface area contributed by atoms with E-state index in [9.17, 15) is 9.50 Å². The van der Waals surface area contributed by atoms with Gasteiger partial charge in [0.2, 0.25) is 0 Å². The highest BCUT2D eigenvalue weighted by Crippen LogP contribution is 2.29. The molecule has 0 saturated carbocycles. The molecule has 2 rings (SSSR count). The average Bonchev–Trinajstić information content (AvgIpc) is 2.88. The van der Waals surface area contributed by atoms with Crippen LogP contribution in [0.2, 0.25) is 0 Å². The summed E-state index contributed by atoms with van der Waals surface area (Å²) in [6, 6.07) is 8.77. The van der Waals surface area contributed by atoms with Gasteiger partial charge in [-0.3, -0.25) is 4.90 Å². The highest BCUT2D eigenvalue weighted by atomic mass is 19.1. The lowest BCUT2D eigenvalue weighted by molar-refractivity contribution is 0.104. The largest absolute Gasteiger partial charge is 0.388 e. The summed E-state index contributed by atoms with van der Waals surface area (Å²) in [4.78, 5) is 2.32. The van der Waals surface area contributed by atoms with E-state index in [0.717, 1.165) is 24.9 Å². The molecule has 1 fully saturated rings. The molecule has 4 heteroatoms. The fraction of sp³-hybridized carbons (Fsp3) is 0.562. The number of nitrogens with zero attached hydrogens (tertiary/aromatic N) is 2. The summed E-state index contributed by atoms with van der Waals surface area (Å²) >= 11 is 0. The highest BCUT2D eigenvalue weighted by Gasteiger charge is 2.30. The lowest BCUT2D eigenvalue weighted by atomic mass is 9.99. The first-order chi connectivity index (χ1) is 9.61. The number of aliphatic hydroxyl groups excluding tert-OH is 1. The van der Waals surface area contributed by atoms with Crippen molar-refractivity contribution in [2.24, 2.45) is 0 Å². The predicted molar refractivity (Wildman–Crippen MR) is 75.4 cm³/mol. The second-order valence-electron chi connectivity index (χ2n) is 5.55. The van der Waals surface area contributed by atoms with Gasteiger partial charge in [0.05, 0.1) is 18.6 Å². The van der Waals surface area contributed by atoms with Gasteiger partial charge in [-0.15, -0.1) is 0 Å². The maximum Gasteiger partial charge on any atom is 0.123 e. The lowest BCUT2D eigenvalue weighted by Gasteiger charge is -2.30. The van der Waals surface area contributed by atoms with Crippen molar-refractivity contribution in [3.63, 3.8) is 0 Å². The minimum absolute atomic E-state index is 0.230. The number of halogens is 1. The summed E-state index contributed by atoms with van der Waals surface area (Å²) in [6.07, 6.45) is 2.74. The molecule has 108 valence electrons. The van der Waals surface area contributed by atoms with E-state index in [2.05, 4.69) is 17.9 Å². The molecule has 3 unspecified atom stereocenters. The van der Waals surface area contributed by atoms with Gasteiger partial charge in [-0.25, -0.2) is 4.39 Å². The van der Waals surface area contributed by atoms with Crippen LogP contribution in [0.3, 0.4) is 0 Å². The third kappa shape index (κ3) is 3.56. The number of hydrogen-bond acceptors (Lipinski definition) is 3. The van der Waals surface area contributed by atoms with Crippen LogP contribution >= 0.6 is 0 Å². The van der Waals surface area contributed by atoms with Gasteiger partial charge in [-0.1, -0.05) is 12.1 Å². The van der Waals surface area contributed by atoms with Crippen LogP contribution in [0.5, 0.6) is 0 Å². The molecule has 1 N–H and O–H groups in total. The number of hydrogen-bond donors (Lipinski definition) is 1. The van der Waals surface area contributed by atoms with E-state index in [1.807, 2.05) is 0 Å². The SMILES string of the molecule is CC(CC#N)N1CCCC1CC(O)c1ccc(F)cc1. The molecule has 1 aliphatic heterocycles. The average molecular weight is 276 g/mol. The Morgan fingerprint density at radius 1 is 1.45 bits per heavy atom. The van der Waals surface area contributed by atoms with Crippen LogP contribution in [0.4, 0.5) is 4.39 Å². The minimum Gasteiger partial charge on any atom is -0.388 e. The van der Waals surface area contributed by atoms with Gasteiger partial charge in [-0.2, -0.15) is 5.26 Å². The van der Waals surface area contributed by atoms with Gasteiger partial charge >= 0.3 is 0 Å². The molecule has 0 bridgehead atoms. The van der Waals surface area contributed by atoms with Crippen molar-refractivity contribution in [2.75, 3.05) is 6.54 Å². The molecule has 20 heavy (non-hydrogen) atoms. The second kappa shape index (κ2) is 6.83. The Balaban J connectivity index is 1.97. The number of nitriles is 1. The normalized spacial score (nSPS) is 22.4. The van der Waals surface area contributed by atoms with Crippen LogP contribution in [0.15, 0.2) is 24.3 Å². The fourth-order valence-corrected chi connectivity index (χ4v) is 3.02. The van der Waals surface area contributed by atoms with Gasteiger partial charge in [0.1, 0.15) is 5.82 Å². The van der Waals surface area contributed by atoms with Crippen molar-refractivity contribution in [1.29, 1.82) is 5.26 Å². The maximum atomic E-state index is 12.9. The molecule has 1 aromatic rings. The quantitative estimate of drug-likeness (QED) is 0.899. The third-order valence-corrected chi connectivity index (χ3v) is 4.13. The summed E-state index contributed by atoms with van der Waals surface area (Å²) in [5, 5.41) is 19.1. The molecule has 0 aromatic heterocycles. The summed E-state index contributed by atoms with van der Waals surface area (Å²) < 4.78 is 12.9. The topological polar surface area (TPSA) is 47.3 Å². The smallest absolute Gasteiger partial charge is 0.123 e. The van der Waals surface area contributed by atoms with E-state index in [0.29, 0.717) is 18.9 Å². The summed E-state index contributed by atoms with van der Waals surface area (Å²) in [5.74, 6) is -0.286. The van der Waals surface area contributed by atoms with Gasteiger partial charge in [0, 0.05) is 12.1 Å². The first-order valence-electron chi connectivity index (χ1n) is 7.18. The Bertz CT molecular complexity index is 468. The molecule has 1 heterocycles. The summed E-state index contributed by atoms with van der Waals surface area (Å²) in [7, 11) is 0. The maximum absolute atomic E-state index is 12.9. The van der Waals surface area contributed by atoms with Crippen LogP contribution in [0.1, 0.15) is 44.3 Å². The van der Waals surface area contributed by atoms with Crippen molar-refractivity contribution in [2.45, 2.75) is 50.8 Å². The zero-order chi connectivity index (χ0) is 14.5. The first kappa shape index (κ1) is 15.0. The van der Waals surface area contributed by atoms with Crippen LogP contribution in [0, 0.1) is 17.1 Å². The Kier molecular flexibility index (Phi) is 5.11. The number of benzene rings is 1. The molecule has 0 amide bonds. The van der Waals surface area contributed by atoms with Crippen molar-refractivity contribution in [1.82, 2.24) is 4.90 Å².